The first kappa shape index (κ1) is 18.2. The van der Waals surface area contributed by atoms with Crippen molar-refractivity contribution in [3.8, 4) is 28.2 Å². The van der Waals surface area contributed by atoms with Crippen molar-refractivity contribution >= 4 is 5.65 Å². The first-order valence-electron chi connectivity index (χ1n) is 9.57. The SMILES string of the molecule is Cc1cc(-c2c(C)nn3c(-c4ccc(F)cc4)cc(-n4cccc4)nc23)ccc1F. The standard InChI is InChI=1S/C24H18F2N4/c1-15-13-18(7-10-20(15)26)23-16(2)28-30-21(17-5-8-19(25)9-6-17)14-22(27-24(23)30)29-11-3-4-12-29/h3-14H,1-2H3. The second kappa shape index (κ2) is 6.91. The molecule has 5 rings (SSSR count). The van der Waals surface area contributed by atoms with Crippen molar-refractivity contribution in [1.29, 1.82) is 0 Å². The predicted molar refractivity (Wildman–Crippen MR) is 113 cm³/mol. The molecule has 2 aromatic carbocycles. The first-order chi connectivity index (χ1) is 14.5. The van der Waals surface area contributed by atoms with E-state index in [4.69, 9.17) is 10.1 Å². The fraction of sp³-hybridized carbons (Fsp3) is 0.0833. The van der Waals surface area contributed by atoms with Crippen LogP contribution in [0, 0.1) is 25.5 Å². The highest BCUT2D eigenvalue weighted by Gasteiger charge is 2.19. The molecule has 0 aliphatic carbocycles. The Morgan fingerprint density at radius 1 is 0.833 bits per heavy atom. The van der Waals surface area contributed by atoms with Gasteiger partial charge in [-0.25, -0.2) is 18.3 Å². The van der Waals surface area contributed by atoms with Gasteiger partial charge in [0, 0.05) is 29.6 Å². The van der Waals surface area contributed by atoms with Gasteiger partial charge in [-0.15, -0.1) is 0 Å². The Bertz CT molecular complexity index is 1370. The van der Waals surface area contributed by atoms with Gasteiger partial charge in [-0.2, -0.15) is 5.10 Å². The Hall–Kier alpha value is -3.80. The molecule has 0 unspecified atom stereocenters. The van der Waals surface area contributed by atoms with Gasteiger partial charge in [0.2, 0.25) is 0 Å². The lowest BCUT2D eigenvalue weighted by Gasteiger charge is -2.10. The lowest BCUT2D eigenvalue weighted by atomic mass is 10.0. The molecule has 0 saturated carbocycles. The Morgan fingerprint density at radius 2 is 1.53 bits per heavy atom. The van der Waals surface area contributed by atoms with Crippen LogP contribution in [0.3, 0.4) is 0 Å². The van der Waals surface area contributed by atoms with Crippen LogP contribution in [0.15, 0.2) is 73.1 Å². The highest BCUT2D eigenvalue weighted by Crippen LogP contribution is 2.32. The van der Waals surface area contributed by atoms with Crippen molar-refractivity contribution in [2.45, 2.75) is 13.8 Å². The molecule has 0 amide bonds. The van der Waals surface area contributed by atoms with E-state index in [-0.39, 0.29) is 11.6 Å². The molecule has 0 aliphatic heterocycles. The van der Waals surface area contributed by atoms with E-state index in [1.54, 1.807) is 35.7 Å². The number of rotatable bonds is 3. The quantitative estimate of drug-likeness (QED) is 0.387. The number of nitrogens with zero attached hydrogens (tertiary/aromatic N) is 4. The summed E-state index contributed by atoms with van der Waals surface area (Å²) in [6.07, 6.45) is 3.83. The molecule has 0 spiro atoms. The maximum Gasteiger partial charge on any atom is 0.166 e. The van der Waals surface area contributed by atoms with Gasteiger partial charge in [-0.3, -0.25) is 0 Å². The fourth-order valence-electron chi connectivity index (χ4n) is 3.69. The van der Waals surface area contributed by atoms with Gasteiger partial charge < -0.3 is 4.57 Å². The molecule has 0 N–H and O–H groups in total. The van der Waals surface area contributed by atoms with Crippen molar-refractivity contribution in [3.63, 3.8) is 0 Å². The Morgan fingerprint density at radius 3 is 2.23 bits per heavy atom. The van der Waals surface area contributed by atoms with E-state index >= 15 is 0 Å². The summed E-state index contributed by atoms with van der Waals surface area (Å²) in [5, 5.41) is 4.72. The van der Waals surface area contributed by atoms with Gasteiger partial charge >= 0.3 is 0 Å². The van der Waals surface area contributed by atoms with Gasteiger partial charge in [-0.1, -0.05) is 6.07 Å². The van der Waals surface area contributed by atoms with Crippen LogP contribution < -0.4 is 0 Å². The molecule has 0 bridgehead atoms. The monoisotopic (exact) mass is 400 g/mol. The fourth-order valence-corrected chi connectivity index (χ4v) is 3.69. The number of halogens is 2. The molecule has 5 aromatic rings. The van der Waals surface area contributed by atoms with E-state index in [9.17, 15) is 8.78 Å². The number of aryl methyl sites for hydroxylation is 2. The molecule has 3 aromatic heterocycles. The summed E-state index contributed by atoms with van der Waals surface area (Å²) in [5.41, 5.74) is 5.30. The number of hydrogen-bond acceptors (Lipinski definition) is 2. The Balaban J connectivity index is 1.84. The molecule has 148 valence electrons. The van der Waals surface area contributed by atoms with E-state index < -0.39 is 0 Å². The third-order valence-corrected chi connectivity index (χ3v) is 5.21. The average molecular weight is 400 g/mol. The van der Waals surface area contributed by atoms with Crippen LogP contribution in [0.2, 0.25) is 0 Å². The van der Waals surface area contributed by atoms with E-state index in [1.807, 2.05) is 42.1 Å². The van der Waals surface area contributed by atoms with Crippen LogP contribution in [0.4, 0.5) is 8.78 Å². The zero-order chi connectivity index (χ0) is 20.8. The van der Waals surface area contributed by atoms with E-state index in [2.05, 4.69) is 0 Å². The molecule has 30 heavy (non-hydrogen) atoms. The molecule has 0 fully saturated rings. The van der Waals surface area contributed by atoms with Crippen LogP contribution >= 0.6 is 0 Å². The molecule has 0 saturated heterocycles. The number of aromatic nitrogens is 4. The summed E-state index contributed by atoms with van der Waals surface area (Å²) in [4.78, 5) is 4.87. The normalized spacial score (nSPS) is 11.3. The molecular weight excluding hydrogens is 382 g/mol. The van der Waals surface area contributed by atoms with Crippen molar-refractivity contribution in [3.05, 3.63) is 95.9 Å². The summed E-state index contributed by atoms with van der Waals surface area (Å²) in [6.45, 7) is 3.65. The van der Waals surface area contributed by atoms with Crippen LogP contribution in [-0.4, -0.2) is 19.2 Å². The topological polar surface area (TPSA) is 35.1 Å². The molecule has 4 nitrogen and oxygen atoms in total. The second-order valence-electron chi connectivity index (χ2n) is 7.26. The van der Waals surface area contributed by atoms with Crippen molar-refractivity contribution in [2.75, 3.05) is 0 Å². The number of benzene rings is 2. The first-order valence-corrected chi connectivity index (χ1v) is 9.57. The van der Waals surface area contributed by atoms with Gasteiger partial charge in [0.15, 0.2) is 5.65 Å². The summed E-state index contributed by atoms with van der Waals surface area (Å²) in [5.74, 6) is 0.168. The van der Waals surface area contributed by atoms with Crippen molar-refractivity contribution < 1.29 is 8.78 Å². The third-order valence-electron chi connectivity index (χ3n) is 5.21. The zero-order valence-corrected chi connectivity index (χ0v) is 16.5. The third kappa shape index (κ3) is 2.97. The summed E-state index contributed by atoms with van der Waals surface area (Å²) >= 11 is 0. The highest BCUT2D eigenvalue weighted by atomic mass is 19.1. The Kier molecular flexibility index (Phi) is 4.20. The molecule has 3 heterocycles. The summed E-state index contributed by atoms with van der Waals surface area (Å²) < 4.78 is 31.0. The maximum absolute atomic E-state index is 13.9. The summed E-state index contributed by atoms with van der Waals surface area (Å²) in [7, 11) is 0. The van der Waals surface area contributed by atoms with Gasteiger partial charge in [-0.05, 0) is 73.5 Å². The minimum Gasteiger partial charge on any atom is -0.309 e. The van der Waals surface area contributed by atoms with Crippen LogP contribution in [0.25, 0.3) is 33.8 Å². The Labute approximate surface area is 172 Å². The highest BCUT2D eigenvalue weighted by molar-refractivity contribution is 5.82. The van der Waals surface area contributed by atoms with Crippen molar-refractivity contribution in [2.24, 2.45) is 0 Å². The van der Waals surface area contributed by atoms with Gasteiger partial charge in [0.1, 0.15) is 17.5 Å². The zero-order valence-electron chi connectivity index (χ0n) is 16.5. The molecule has 6 heteroatoms. The molecular formula is C24H18F2N4. The molecule has 0 aliphatic rings. The maximum atomic E-state index is 13.9. The van der Waals surface area contributed by atoms with Crippen LogP contribution in [-0.2, 0) is 0 Å². The minimum atomic E-state index is -0.297. The number of fused-ring (bicyclic) bond motifs is 1. The smallest absolute Gasteiger partial charge is 0.166 e. The average Bonchev–Trinajstić information content (AvgIpc) is 3.37. The largest absolute Gasteiger partial charge is 0.309 e. The van der Waals surface area contributed by atoms with Gasteiger partial charge in [0.05, 0.1) is 11.4 Å². The minimum absolute atomic E-state index is 0.249. The number of hydrogen-bond donors (Lipinski definition) is 0. The van der Waals surface area contributed by atoms with Gasteiger partial charge in [0.25, 0.3) is 0 Å². The van der Waals surface area contributed by atoms with E-state index in [1.165, 1.54) is 18.2 Å². The predicted octanol–water partition coefficient (Wildman–Crippen LogP) is 5.75. The molecule has 0 atom stereocenters. The molecule has 0 radical (unpaired) electrons. The lowest BCUT2D eigenvalue weighted by Crippen LogP contribution is -2.02. The van der Waals surface area contributed by atoms with Crippen molar-refractivity contribution in [1.82, 2.24) is 19.2 Å². The second-order valence-corrected chi connectivity index (χ2v) is 7.26. The summed E-state index contributed by atoms with van der Waals surface area (Å²) in [6, 6.07) is 17.1. The van der Waals surface area contributed by atoms with E-state index in [0.29, 0.717) is 17.0 Å². The van der Waals surface area contributed by atoms with E-state index in [0.717, 1.165) is 28.1 Å². The lowest BCUT2D eigenvalue weighted by molar-refractivity contribution is 0.619. The van der Waals surface area contributed by atoms with Crippen LogP contribution in [0.5, 0.6) is 0 Å². The van der Waals surface area contributed by atoms with Crippen LogP contribution in [0.1, 0.15) is 11.3 Å².